The topological polar surface area (TPSA) is 99.6 Å². The molecule has 7 nitrogen and oxygen atoms in total. The van der Waals surface area contributed by atoms with E-state index in [4.69, 9.17) is 9.90 Å². The van der Waals surface area contributed by atoms with Crippen molar-refractivity contribution in [1.82, 2.24) is 15.2 Å². The van der Waals surface area contributed by atoms with Gasteiger partial charge in [-0.1, -0.05) is 36.4 Å². The number of carboxylic acid groups (broad SMARTS) is 1. The fourth-order valence-electron chi connectivity index (χ4n) is 3.98. The Morgan fingerprint density at radius 1 is 1.12 bits per heavy atom. The van der Waals surface area contributed by atoms with Gasteiger partial charge in [-0.05, 0) is 30.0 Å². The Balaban J connectivity index is 0.000000383. The maximum absolute atomic E-state index is 12.5. The molecule has 2 aromatic rings. The fourth-order valence-corrected chi connectivity index (χ4v) is 3.98. The zero-order valence-electron chi connectivity index (χ0n) is 17.7. The van der Waals surface area contributed by atoms with Crippen LogP contribution in [0.25, 0.3) is 0 Å². The molecule has 2 atom stereocenters. The molecule has 2 N–H and O–H groups in total. The van der Waals surface area contributed by atoms with E-state index < -0.39 is 12.1 Å². The maximum atomic E-state index is 12.5. The van der Waals surface area contributed by atoms with Crippen LogP contribution in [0.5, 0.6) is 0 Å². The molecule has 1 aliphatic heterocycles. The second-order valence-electron chi connectivity index (χ2n) is 8.23. The van der Waals surface area contributed by atoms with Crippen molar-refractivity contribution in [1.29, 1.82) is 0 Å². The molecule has 0 bridgehead atoms. The third-order valence-electron chi connectivity index (χ3n) is 5.87. The van der Waals surface area contributed by atoms with Gasteiger partial charge >= 0.3 is 12.1 Å². The first kappa shape index (κ1) is 24.2. The number of aliphatic carboxylic acids is 1. The lowest BCUT2D eigenvalue weighted by Crippen LogP contribution is -2.32. The number of benzene rings is 1. The van der Waals surface area contributed by atoms with E-state index in [0.29, 0.717) is 19.5 Å². The molecule has 176 valence electrons. The molecule has 1 aromatic carbocycles. The predicted molar refractivity (Wildman–Crippen MR) is 112 cm³/mol. The third kappa shape index (κ3) is 6.53. The van der Waals surface area contributed by atoms with E-state index in [9.17, 15) is 22.8 Å². The van der Waals surface area contributed by atoms with Gasteiger partial charge in [0.05, 0.1) is 6.42 Å². The summed E-state index contributed by atoms with van der Waals surface area (Å²) in [5.41, 5.74) is 2.05. The molecular weight excluding hydrogens is 439 g/mol. The average Bonchev–Trinajstić information content (AvgIpc) is 3.32. The van der Waals surface area contributed by atoms with Crippen molar-refractivity contribution in [3.8, 4) is 0 Å². The van der Waals surface area contributed by atoms with E-state index in [1.807, 2.05) is 47.4 Å². The summed E-state index contributed by atoms with van der Waals surface area (Å²) in [4.78, 5) is 39.9. The molecule has 2 amide bonds. The standard InChI is InChI=1S/C21H23N3O2.C2HF3O2/c25-19(11-16-5-2-1-3-6-16)24-10-8-21(15-24)12-18(21)20(26)23-14-17-7-4-9-22-13-17;3-2(4,5)1(6)7/h1-7,9,13,18H,8,10-12,14-15H2,(H,23,26);(H,6,7). The summed E-state index contributed by atoms with van der Waals surface area (Å²) in [6.45, 7) is 1.98. The molecule has 1 saturated heterocycles. The van der Waals surface area contributed by atoms with Crippen molar-refractivity contribution in [2.45, 2.75) is 32.0 Å². The van der Waals surface area contributed by atoms with Gasteiger partial charge in [-0.2, -0.15) is 13.2 Å². The SMILES string of the molecule is O=C(NCc1cccnc1)C1CC12CCN(C(=O)Cc1ccccc1)C2.O=C(O)C(F)(F)F. The van der Waals surface area contributed by atoms with Crippen molar-refractivity contribution < 1.29 is 32.7 Å². The summed E-state index contributed by atoms with van der Waals surface area (Å²) in [5.74, 6) is -2.46. The number of nitrogens with one attached hydrogen (secondary N) is 1. The van der Waals surface area contributed by atoms with Crippen LogP contribution in [0.4, 0.5) is 13.2 Å². The lowest BCUT2D eigenvalue weighted by Gasteiger charge is -2.17. The number of carbonyl (C=O) groups excluding carboxylic acids is 2. The summed E-state index contributed by atoms with van der Waals surface area (Å²) >= 11 is 0. The summed E-state index contributed by atoms with van der Waals surface area (Å²) in [5, 5.41) is 10.1. The molecule has 2 aliphatic rings. The van der Waals surface area contributed by atoms with Crippen LogP contribution < -0.4 is 5.32 Å². The van der Waals surface area contributed by atoms with E-state index in [0.717, 1.165) is 30.5 Å². The van der Waals surface area contributed by atoms with Gasteiger partial charge in [0, 0.05) is 43.4 Å². The Labute approximate surface area is 188 Å². The van der Waals surface area contributed by atoms with Gasteiger partial charge in [-0.3, -0.25) is 14.6 Å². The second-order valence-corrected chi connectivity index (χ2v) is 8.23. The zero-order valence-corrected chi connectivity index (χ0v) is 17.7. The van der Waals surface area contributed by atoms with Gasteiger partial charge in [-0.15, -0.1) is 0 Å². The number of carboxylic acids is 1. The Morgan fingerprint density at radius 3 is 2.39 bits per heavy atom. The first-order valence-electron chi connectivity index (χ1n) is 10.4. The van der Waals surface area contributed by atoms with Crippen molar-refractivity contribution in [3.05, 3.63) is 66.0 Å². The number of pyridine rings is 1. The molecule has 4 rings (SSSR count). The summed E-state index contributed by atoms with van der Waals surface area (Å²) in [7, 11) is 0. The number of hydrogen-bond acceptors (Lipinski definition) is 4. The van der Waals surface area contributed by atoms with Gasteiger partial charge in [-0.25, -0.2) is 4.79 Å². The van der Waals surface area contributed by atoms with Crippen LogP contribution >= 0.6 is 0 Å². The number of alkyl halides is 3. The van der Waals surface area contributed by atoms with Gasteiger partial charge in [0.2, 0.25) is 11.8 Å². The molecule has 33 heavy (non-hydrogen) atoms. The summed E-state index contributed by atoms with van der Waals surface area (Å²) in [6, 6.07) is 13.7. The number of carbonyl (C=O) groups is 3. The predicted octanol–water partition coefficient (Wildman–Crippen LogP) is 2.81. The Morgan fingerprint density at radius 2 is 1.79 bits per heavy atom. The van der Waals surface area contributed by atoms with E-state index in [2.05, 4.69) is 10.3 Å². The average molecular weight is 463 g/mol. The number of hydrogen-bond donors (Lipinski definition) is 2. The number of nitrogens with zero attached hydrogens (tertiary/aromatic N) is 2. The molecule has 2 unspecified atom stereocenters. The third-order valence-corrected chi connectivity index (χ3v) is 5.87. The van der Waals surface area contributed by atoms with Crippen LogP contribution in [-0.2, 0) is 27.3 Å². The smallest absolute Gasteiger partial charge is 0.475 e. The molecule has 10 heteroatoms. The van der Waals surface area contributed by atoms with Gasteiger partial charge in [0.1, 0.15) is 0 Å². The van der Waals surface area contributed by atoms with Crippen LogP contribution in [0.2, 0.25) is 0 Å². The highest BCUT2D eigenvalue weighted by Gasteiger charge is 2.61. The maximum Gasteiger partial charge on any atom is 0.490 e. The van der Waals surface area contributed by atoms with E-state index in [-0.39, 0.29) is 23.1 Å². The minimum atomic E-state index is -5.08. The number of amides is 2. The van der Waals surface area contributed by atoms with Crippen LogP contribution in [0.1, 0.15) is 24.0 Å². The normalized spacial score (nSPS) is 21.2. The lowest BCUT2D eigenvalue weighted by atomic mass is 10.0. The number of halogens is 3. The molecule has 2 fully saturated rings. The molecule has 1 aliphatic carbocycles. The largest absolute Gasteiger partial charge is 0.490 e. The quantitative estimate of drug-likeness (QED) is 0.711. The molecule has 1 spiro atoms. The minimum Gasteiger partial charge on any atom is -0.475 e. The highest BCUT2D eigenvalue weighted by molar-refractivity contribution is 5.84. The Bertz CT molecular complexity index is 985. The van der Waals surface area contributed by atoms with Gasteiger partial charge < -0.3 is 15.3 Å². The van der Waals surface area contributed by atoms with Crippen molar-refractivity contribution in [2.75, 3.05) is 13.1 Å². The van der Waals surface area contributed by atoms with E-state index in [1.54, 1.807) is 12.4 Å². The van der Waals surface area contributed by atoms with Crippen LogP contribution in [0.15, 0.2) is 54.9 Å². The minimum absolute atomic E-state index is 0.00533. The highest BCUT2D eigenvalue weighted by Crippen LogP contribution is 2.58. The molecule has 1 aromatic heterocycles. The first-order chi connectivity index (χ1) is 15.6. The van der Waals surface area contributed by atoms with E-state index >= 15 is 0 Å². The van der Waals surface area contributed by atoms with Gasteiger partial charge in [0.25, 0.3) is 0 Å². The highest BCUT2D eigenvalue weighted by atomic mass is 19.4. The van der Waals surface area contributed by atoms with Crippen LogP contribution in [0.3, 0.4) is 0 Å². The summed E-state index contributed by atoms with van der Waals surface area (Å²) < 4.78 is 31.7. The van der Waals surface area contributed by atoms with Crippen molar-refractivity contribution in [2.24, 2.45) is 11.3 Å². The Hall–Kier alpha value is -3.43. The van der Waals surface area contributed by atoms with Crippen LogP contribution in [-0.4, -0.2) is 52.0 Å². The second kappa shape index (κ2) is 10.0. The zero-order chi connectivity index (χ0) is 24.1. The first-order valence-corrected chi connectivity index (χ1v) is 10.4. The number of rotatable bonds is 5. The van der Waals surface area contributed by atoms with E-state index in [1.165, 1.54) is 0 Å². The number of likely N-dealkylation sites (tertiary alicyclic amines) is 1. The van der Waals surface area contributed by atoms with Crippen molar-refractivity contribution >= 4 is 17.8 Å². The Kier molecular flexibility index (Phi) is 7.35. The molecule has 1 saturated carbocycles. The summed E-state index contributed by atoms with van der Waals surface area (Å²) in [6.07, 6.45) is 0.664. The monoisotopic (exact) mass is 463 g/mol. The fraction of sp³-hybridized carbons (Fsp3) is 0.391. The lowest BCUT2D eigenvalue weighted by molar-refractivity contribution is -0.192. The molecular formula is C23H24F3N3O4. The van der Waals surface area contributed by atoms with Crippen molar-refractivity contribution in [3.63, 3.8) is 0 Å². The molecule has 2 heterocycles. The number of aromatic nitrogens is 1. The molecule has 0 radical (unpaired) electrons. The van der Waals surface area contributed by atoms with Gasteiger partial charge in [0.15, 0.2) is 0 Å². The van der Waals surface area contributed by atoms with Crippen LogP contribution in [0, 0.1) is 11.3 Å².